The predicted molar refractivity (Wildman–Crippen MR) is 148 cm³/mol. The maximum Gasteiger partial charge on any atom is 0.245 e. The van der Waals surface area contributed by atoms with Crippen molar-refractivity contribution in [1.29, 1.82) is 0 Å². The summed E-state index contributed by atoms with van der Waals surface area (Å²) in [4.78, 5) is 28.0. The molecule has 4 rings (SSSR count). The number of nitrogens with one attached hydrogen (secondary N) is 1. The number of carbonyl (C=O) groups is 2. The first-order valence-electron chi connectivity index (χ1n) is 13.0. The van der Waals surface area contributed by atoms with Crippen LogP contribution in [0.3, 0.4) is 0 Å². The molecule has 0 aliphatic rings. The summed E-state index contributed by atoms with van der Waals surface area (Å²) in [6.45, 7) is 2.71. The van der Waals surface area contributed by atoms with Crippen LogP contribution < -0.4 is 5.32 Å². The van der Waals surface area contributed by atoms with Gasteiger partial charge in [-0.05, 0) is 30.5 Å². The summed E-state index contributed by atoms with van der Waals surface area (Å²) >= 11 is 0. The number of para-hydroxylation sites is 1. The van der Waals surface area contributed by atoms with Crippen molar-refractivity contribution in [1.82, 2.24) is 14.7 Å². The van der Waals surface area contributed by atoms with E-state index in [0.29, 0.717) is 25.2 Å². The summed E-state index contributed by atoms with van der Waals surface area (Å²) in [6, 6.07) is 31.4. The van der Waals surface area contributed by atoms with Crippen molar-refractivity contribution in [2.75, 3.05) is 18.4 Å². The van der Waals surface area contributed by atoms with Gasteiger partial charge in [0.15, 0.2) is 0 Å². The molecule has 1 aromatic heterocycles. The minimum Gasteiger partial charge on any atom is -0.333 e. The number of unbranched alkanes of at least 4 members (excludes halogenated alkanes) is 2. The van der Waals surface area contributed by atoms with Crippen molar-refractivity contribution in [3.05, 3.63) is 103 Å². The first kappa shape index (κ1) is 25.9. The molecule has 0 radical (unpaired) electrons. The molecule has 3 aromatic carbocycles. The zero-order valence-corrected chi connectivity index (χ0v) is 21.3. The van der Waals surface area contributed by atoms with Gasteiger partial charge in [0.05, 0.1) is 17.9 Å². The minimum absolute atomic E-state index is 0.00310. The number of anilines is 1. The Morgan fingerprint density at radius 2 is 1.51 bits per heavy atom. The van der Waals surface area contributed by atoms with Crippen LogP contribution in [0.5, 0.6) is 0 Å². The maximum absolute atomic E-state index is 13.2. The van der Waals surface area contributed by atoms with E-state index in [1.54, 1.807) is 9.58 Å². The number of nitrogens with zero attached hydrogens (tertiary/aromatic N) is 3. The van der Waals surface area contributed by atoms with Gasteiger partial charge in [0, 0.05) is 24.6 Å². The average molecular weight is 495 g/mol. The van der Waals surface area contributed by atoms with Crippen LogP contribution in [0.2, 0.25) is 0 Å². The number of hydrogen-bond acceptors (Lipinski definition) is 3. The second kappa shape index (κ2) is 13.2. The van der Waals surface area contributed by atoms with E-state index >= 15 is 0 Å². The molecule has 0 aliphatic carbocycles. The fourth-order valence-corrected chi connectivity index (χ4v) is 4.24. The zero-order valence-electron chi connectivity index (χ0n) is 21.3. The highest BCUT2D eigenvalue weighted by Crippen LogP contribution is 2.24. The summed E-state index contributed by atoms with van der Waals surface area (Å²) < 4.78 is 1.74. The van der Waals surface area contributed by atoms with Gasteiger partial charge < -0.3 is 10.2 Å². The van der Waals surface area contributed by atoms with Crippen molar-refractivity contribution in [2.24, 2.45) is 0 Å². The predicted octanol–water partition coefficient (Wildman–Crippen LogP) is 6.13. The molecule has 0 saturated carbocycles. The first-order chi connectivity index (χ1) is 18.1. The lowest BCUT2D eigenvalue weighted by atomic mass is 10.1. The third-order valence-electron chi connectivity index (χ3n) is 6.24. The Labute approximate surface area is 218 Å². The van der Waals surface area contributed by atoms with Gasteiger partial charge in [0.2, 0.25) is 11.8 Å². The minimum atomic E-state index is -0.235. The van der Waals surface area contributed by atoms with Gasteiger partial charge in [-0.1, -0.05) is 98.6 Å². The van der Waals surface area contributed by atoms with E-state index in [4.69, 9.17) is 5.10 Å². The van der Waals surface area contributed by atoms with E-state index in [9.17, 15) is 9.59 Å². The number of amides is 2. The normalized spacial score (nSPS) is 10.7. The van der Waals surface area contributed by atoms with E-state index in [0.717, 1.165) is 41.8 Å². The van der Waals surface area contributed by atoms with Gasteiger partial charge in [-0.25, -0.2) is 4.68 Å². The quantitative estimate of drug-likeness (QED) is 0.241. The van der Waals surface area contributed by atoms with Crippen molar-refractivity contribution >= 4 is 17.6 Å². The standard InChI is InChI=1S/C31H34N4O2/c1-2-3-13-22-34(31(37)21-20-25-14-7-4-8-15-25)24-30(36)32-29-23-28(26-16-9-5-10-17-26)33-35(29)27-18-11-6-12-19-27/h4-12,14-19,23H,2-3,13,20-22,24H2,1H3,(H,32,36). The molecule has 0 fully saturated rings. The molecule has 6 heteroatoms. The number of hydrogen-bond donors (Lipinski definition) is 1. The molecule has 37 heavy (non-hydrogen) atoms. The van der Waals surface area contributed by atoms with Gasteiger partial charge in [0.25, 0.3) is 0 Å². The van der Waals surface area contributed by atoms with E-state index in [2.05, 4.69) is 12.2 Å². The van der Waals surface area contributed by atoms with Crippen LogP contribution in [0.15, 0.2) is 97.1 Å². The first-order valence-corrected chi connectivity index (χ1v) is 13.0. The van der Waals surface area contributed by atoms with Crippen LogP contribution in [-0.4, -0.2) is 39.6 Å². The maximum atomic E-state index is 13.2. The Bertz CT molecular complexity index is 1270. The summed E-state index contributed by atoms with van der Waals surface area (Å²) in [5.74, 6) is 0.332. The number of carbonyl (C=O) groups excluding carboxylic acids is 2. The zero-order chi connectivity index (χ0) is 25.9. The molecule has 0 spiro atoms. The molecule has 0 saturated heterocycles. The largest absolute Gasteiger partial charge is 0.333 e. The summed E-state index contributed by atoms with van der Waals surface area (Å²) in [5.41, 5.74) is 3.69. The molecular formula is C31H34N4O2. The lowest BCUT2D eigenvalue weighted by Gasteiger charge is -2.22. The molecule has 0 unspecified atom stereocenters. The van der Waals surface area contributed by atoms with E-state index < -0.39 is 0 Å². The second-order valence-corrected chi connectivity index (χ2v) is 9.08. The fourth-order valence-electron chi connectivity index (χ4n) is 4.24. The third-order valence-corrected chi connectivity index (χ3v) is 6.24. The Morgan fingerprint density at radius 1 is 0.865 bits per heavy atom. The number of aryl methyl sites for hydroxylation is 1. The summed E-state index contributed by atoms with van der Waals surface area (Å²) in [6.07, 6.45) is 3.99. The molecule has 1 heterocycles. The Balaban J connectivity index is 1.49. The molecule has 1 N–H and O–H groups in total. The van der Waals surface area contributed by atoms with Crippen LogP contribution in [0, 0.1) is 0 Å². The van der Waals surface area contributed by atoms with Crippen LogP contribution in [-0.2, 0) is 16.0 Å². The van der Waals surface area contributed by atoms with E-state index in [1.807, 2.05) is 97.1 Å². The highest BCUT2D eigenvalue weighted by molar-refractivity contribution is 5.94. The van der Waals surface area contributed by atoms with Crippen LogP contribution in [0.4, 0.5) is 5.82 Å². The van der Waals surface area contributed by atoms with Crippen molar-refractivity contribution in [3.63, 3.8) is 0 Å². The van der Waals surface area contributed by atoms with Crippen molar-refractivity contribution in [2.45, 2.75) is 39.0 Å². The topological polar surface area (TPSA) is 67.2 Å². The van der Waals surface area contributed by atoms with E-state index in [-0.39, 0.29) is 18.4 Å². The van der Waals surface area contributed by atoms with Crippen molar-refractivity contribution in [3.8, 4) is 16.9 Å². The molecule has 190 valence electrons. The molecular weight excluding hydrogens is 460 g/mol. The number of aromatic nitrogens is 2. The highest BCUT2D eigenvalue weighted by Gasteiger charge is 2.19. The van der Waals surface area contributed by atoms with Gasteiger partial charge in [-0.3, -0.25) is 9.59 Å². The Hall–Kier alpha value is -4.19. The highest BCUT2D eigenvalue weighted by atomic mass is 16.2. The fraction of sp³-hybridized carbons (Fsp3) is 0.258. The molecule has 6 nitrogen and oxygen atoms in total. The van der Waals surface area contributed by atoms with Crippen LogP contribution in [0.1, 0.15) is 38.2 Å². The number of benzene rings is 3. The van der Waals surface area contributed by atoms with E-state index in [1.165, 1.54) is 0 Å². The van der Waals surface area contributed by atoms with Gasteiger partial charge in [-0.15, -0.1) is 0 Å². The number of rotatable bonds is 12. The lowest BCUT2D eigenvalue weighted by molar-refractivity contribution is -0.134. The average Bonchev–Trinajstić information content (AvgIpc) is 3.36. The summed E-state index contributed by atoms with van der Waals surface area (Å²) in [7, 11) is 0. The van der Waals surface area contributed by atoms with Gasteiger partial charge in [0.1, 0.15) is 5.82 Å². The monoisotopic (exact) mass is 494 g/mol. The third kappa shape index (κ3) is 7.40. The Morgan fingerprint density at radius 3 is 2.19 bits per heavy atom. The second-order valence-electron chi connectivity index (χ2n) is 9.08. The molecule has 0 bridgehead atoms. The Kier molecular flexibility index (Phi) is 9.24. The molecule has 0 aliphatic heterocycles. The lowest BCUT2D eigenvalue weighted by Crippen LogP contribution is -2.39. The van der Waals surface area contributed by atoms with Gasteiger partial charge >= 0.3 is 0 Å². The smallest absolute Gasteiger partial charge is 0.245 e. The molecule has 4 aromatic rings. The SMILES string of the molecule is CCCCCN(CC(=O)Nc1cc(-c2ccccc2)nn1-c1ccccc1)C(=O)CCc1ccccc1. The summed E-state index contributed by atoms with van der Waals surface area (Å²) in [5, 5.41) is 7.78. The van der Waals surface area contributed by atoms with Crippen molar-refractivity contribution < 1.29 is 9.59 Å². The molecule has 0 atom stereocenters. The van der Waals surface area contributed by atoms with Gasteiger partial charge in [-0.2, -0.15) is 5.10 Å². The van der Waals surface area contributed by atoms with Crippen LogP contribution in [0.25, 0.3) is 16.9 Å². The molecule has 2 amide bonds. The van der Waals surface area contributed by atoms with Crippen LogP contribution >= 0.6 is 0 Å².